The Morgan fingerprint density at radius 2 is 1.59 bits per heavy atom. The molecule has 0 bridgehead atoms. The average Bonchev–Trinajstić information content (AvgIpc) is 2.73. The van der Waals surface area contributed by atoms with Crippen molar-refractivity contribution in [1.82, 2.24) is 4.90 Å². The Bertz CT molecular complexity index is 881. The second-order valence-electron chi connectivity index (χ2n) is 7.75. The van der Waals surface area contributed by atoms with Gasteiger partial charge in [0.2, 0.25) is 0 Å². The first-order chi connectivity index (χ1) is 13.5. The van der Waals surface area contributed by atoms with Gasteiger partial charge in [-0.05, 0) is 66.7 Å². The van der Waals surface area contributed by atoms with Gasteiger partial charge in [0.1, 0.15) is 0 Å². The molecular formula is C22H24NNaO4S. The van der Waals surface area contributed by atoms with Crippen LogP contribution in [0.3, 0.4) is 0 Å². The van der Waals surface area contributed by atoms with Crippen LogP contribution in [0.1, 0.15) is 34.3 Å². The molecule has 1 heterocycles. The van der Waals surface area contributed by atoms with Crippen molar-refractivity contribution < 1.29 is 48.2 Å². The molecule has 0 amide bonds. The number of likely N-dealkylation sites (tertiary alicyclic amines) is 1. The molecule has 1 aliphatic heterocycles. The van der Waals surface area contributed by atoms with Gasteiger partial charge in [-0.15, -0.1) is 0 Å². The molecule has 148 valence electrons. The zero-order valence-corrected chi connectivity index (χ0v) is 19.4. The smallest absolute Gasteiger partial charge is 0.768 e. The fourth-order valence-electron chi connectivity index (χ4n) is 4.51. The molecule has 1 fully saturated rings. The first-order valence-corrected chi connectivity index (χ1v) is 10.8. The molecule has 1 saturated heterocycles. The predicted molar refractivity (Wildman–Crippen MR) is 106 cm³/mol. The molecule has 0 spiro atoms. The summed E-state index contributed by atoms with van der Waals surface area (Å²) < 4.78 is 21.9. The molecular weight excluding hydrogens is 397 g/mol. The Hall–Kier alpha value is -0.860. The van der Waals surface area contributed by atoms with E-state index in [0.29, 0.717) is 12.0 Å². The normalized spacial score (nSPS) is 23.7. The van der Waals surface area contributed by atoms with Crippen molar-refractivity contribution in [3.8, 4) is 0 Å². The van der Waals surface area contributed by atoms with Gasteiger partial charge in [-0.2, -0.15) is 0 Å². The summed E-state index contributed by atoms with van der Waals surface area (Å²) in [7, 11) is 0. The van der Waals surface area contributed by atoms with E-state index in [0.717, 1.165) is 32.4 Å². The van der Waals surface area contributed by atoms with Crippen molar-refractivity contribution in [3.63, 3.8) is 0 Å². The van der Waals surface area contributed by atoms with Gasteiger partial charge in [0.25, 0.3) is 0 Å². The number of aliphatic hydroxyl groups is 1. The van der Waals surface area contributed by atoms with Crippen LogP contribution in [0.2, 0.25) is 0 Å². The summed E-state index contributed by atoms with van der Waals surface area (Å²) in [6.07, 6.45) is 2.69. The van der Waals surface area contributed by atoms with Gasteiger partial charge >= 0.3 is 29.6 Å². The molecule has 0 radical (unpaired) electrons. The monoisotopic (exact) mass is 421 g/mol. The van der Waals surface area contributed by atoms with Crippen molar-refractivity contribution >= 4 is 16.9 Å². The summed E-state index contributed by atoms with van der Waals surface area (Å²) in [5.41, 5.74) is 3.12. The van der Waals surface area contributed by atoms with Crippen LogP contribution in [0.25, 0.3) is 0 Å². The van der Waals surface area contributed by atoms with Crippen LogP contribution in [-0.4, -0.2) is 49.8 Å². The number of fused-ring (bicyclic) bond motifs is 1. The van der Waals surface area contributed by atoms with Gasteiger partial charge in [-0.3, -0.25) is 13.9 Å². The molecule has 29 heavy (non-hydrogen) atoms. The van der Waals surface area contributed by atoms with Crippen molar-refractivity contribution in [2.45, 2.75) is 42.7 Å². The van der Waals surface area contributed by atoms with E-state index in [1.54, 1.807) is 12.1 Å². The molecule has 3 atom stereocenters. The second kappa shape index (κ2) is 9.96. The quantitative estimate of drug-likeness (QED) is 0.403. The third-order valence-electron chi connectivity index (χ3n) is 6.12. The van der Waals surface area contributed by atoms with Gasteiger partial charge < -0.3 is 9.66 Å². The largest absolute Gasteiger partial charge is 1.00 e. The van der Waals surface area contributed by atoms with E-state index in [2.05, 4.69) is 17.0 Å². The van der Waals surface area contributed by atoms with Crippen LogP contribution in [0.5, 0.6) is 0 Å². The zero-order valence-electron chi connectivity index (χ0n) is 16.6. The molecule has 2 unspecified atom stereocenters. The van der Waals surface area contributed by atoms with Crippen molar-refractivity contribution in [2.75, 3.05) is 13.1 Å². The topological polar surface area (TPSA) is 80.7 Å². The Morgan fingerprint density at radius 1 is 1.00 bits per heavy atom. The van der Waals surface area contributed by atoms with Crippen LogP contribution in [0.4, 0.5) is 0 Å². The van der Waals surface area contributed by atoms with Crippen LogP contribution in [0.15, 0.2) is 53.4 Å². The summed E-state index contributed by atoms with van der Waals surface area (Å²) in [6, 6.07) is 14.6. The van der Waals surface area contributed by atoms with Crippen LogP contribution < -0.4 is 29.6 Å². The average molecular weight is 421 g/mol. The van der Waals surface area contributed by atoms with Crippen LogP contribution in [-0.2, 0) is 23.9 Å². The van der Waals surface area contributed by atoms with E-state index >= 15 is 0 Å². The number of carbonyl (C=O) groups excluding carboxylic acids is 1. The standard InChI is InChI=1S/C22H25NO4S.Na/c24-21-14-18-4-2-1-3-17(18)13-20(21)23-11-9-16(10-12-23)22(25)15-5-7-19(8-6-15)28(26)27;/h1-8,16,20-21,24H,9-14H2,(H,26,27);/q;+1/p-1/t20?,21-;/m1./s1. The number of rotatable bonds is 4. The van der Waals surface area contributed by atoms with Gasteiger partial charge in [0.15, 0.2) is 5.78 Å². The third kappa shape index (κ3) is 5.07. The van der Waals surface area contributed by atoms with Crippen molar-refractivity contribution in [1.29, 1.82) is 0 Å². The zero-order chi connectivity index (χ0) is 19.7. The number of aliphatic hydroxyl groups excluding tert-OH is 1. The summed E-state index contributed by atoms with van der Waals surface area (Å²) in [6.45, 7) is 1.59. The Labute approximate surface area is 196 Å². The van der Waals surface area contributed by atoms with E-state index < -0.39 is 11.1 Å². The van der Waals surface area contributed by atoms with Gasteiger partial charge in [-0.25, -0.2) is 0 Å². The maximum absolute atomic E-state index is 12.8. The second-order valence-corrected chi connectivity index (χ2v) is 8.69. The van der Waals surface area contributed by atoms with Crippen molar-refractivity contribution in [2.24, 2.45) is 5.92 Å². The molecule has 7 heteroatoms. The maximum atomic E-state index is 12.8. The van der Waals surface area contributed by atoms with Gasteiger partial charge in [0, 0.05) is 28.8 Å². The number of benzene rings is 2. The predicted octanol–water partition coefficient (Wildman–Crippen LogP) is -0.648. The summed E-state index contributed by atoms with van der Waals surface area (Å²) >= 11 is -2.27. The van der Waals surface area contributed by atoms with E-state index in [4.69, 9.17) is 0 Å². The van der Waals surface area contributed by atoms with E-state index in [1.165, 1.54) is 23.3 Å². The SMILES string of the molecule is O=C(c1ccc(S(=O)[O-])cc1)C1CCN(C2Cc3ccccc3C[C@H]2O)CC1.[Na+]. The Balaban J connectivity index is 0.00000240. The minimum atomic E-state index is -2.27. The first-order valence-electron chi connectivity index (χ1n) is 9.75. The number of ketones is 1. The minimum absolute atomic E-state index is 0. The number of hydrogen-bond acceptors (Lipinski definition) is 5. The van der Waals surface area contributed by atoms with E-state index in [9.17, 15) is 18.7 Å². The number of nitrogens with zero attached hydrogens (tertiary/aromatic N) is 1. The Kier molecular flexibility index (Phi) is 7.84. The molecule has 4 rings (SSSR count). The molecule has 2 aromatic carbocycles. The van der Waals surface area contributed by atoms with Gasteiger partial charge in [0.05, 0.1) is 6.10 Å². The van der Waals surface area contributed by atoms with Gasteiger partial charge in [-0.1, -0.05) is 36.4 Å². The van der Waals surface area contributed by atoms with E-state index in [1.807, 2.05) is 12.1 Å². The molecule has 1 aliphatic carbocycles. The van der Waals surface area contributed by atoms with Crippen molar-refractivity contribution in [3.05, 3.63) is 65.2 Å². The molecule has 2 aromatic rings. The molecule has 5 nitrogen and oxygen atoms in total. The minimum Gasteiger partial charge on any atom is -0.768 e. The van der Waals surface area contributed by atoms with Crippen LogP contribution >= 0.6 is 0 Å². The first kappa shape index (κ1) is 22.8. The molecule has 0 saturated carbocycles. The van der Waals surface area contributed by atoms with Crippen LogP contribution in [0, 0.1) is 5.92 Å². The fourth-order valence-corrected chi connectivity index (χ4v) is 4.87. The summed E-state index contributed by atoms with van der Waals surface area (Å²) in [5.74, 6) is 0.0327. The number of hydrogen-bond donors (Lipinski definition) is 1. The number of piperidine rings is 1. The van der Waals surface area contributed by atoms with E-state index in [-0.39, 0.29) is 58.3 Å². The summed E-state index contributed by atoms with van der Waals surface area (Å²) in [4.78, 5) is 15.3. The maximum Gasteiger partial charge on any atom is 1.00 e. The number of Topliss-reactive ketones (excluding diaryl/α,β-unsaturated/α-hetero) is 1. The third-order valence-corrected chi connectivity index (χ3v) is 6.78. The summed E-state index contributed by atoms with van der Waals surface area (Å²) in [5, 5.41) is 10.6. The fraction of sp³-hybridized carbons (Fsp3) is 0.409. The molecule has 2 aliphatic rings. The molecule has 1 N–H and O–H groups in total. The molecule has 0 aromatic heterocycles. The number of carbonyl (C=O) groups is 1. The Morgan fingerprint density at radius 3 is 2.17 bits per heavy atom.